The Labute approximate surface area is 252 Å². The van der Waals surface area contributed by atoms with Crippen molar-refractivity contribution in [3.63, 3.8) is 0 Å². The lowest BCUT2D eigenvalue weighted by atomic mass is 10.1. The van der Waals surface area contributed by atoms with E-state index in [1.165, 1.54) is 18.9 Å². The van der Waals surface area contributed by atoms with Gasteiger partial charge in [-0.3, -0.25) is 14.4 Å². The third-order valence-electron chi connectivity index (χ3n) is 5.80. The molecule has 0 radical (unpaired) electrons. The number of ether oxygens (including phenoxy) is 1. The molecule has 0 aromatic heterocycles. The van der Waals surface area contributed by atoms with E-state index in [2.05, 4.69) is 16.0 Å². The number of hydrogen-bond donors (Lipinski definition) is 3. The van der Waals surface area contributed by atoms with Crippen molar-refractivity contribution in [2.45, 2.75) is 4.90 Å². The molecule has 0 aliphatic heterocycles. The zero-order valence-corrected chi connectivity index (χ0v) is 24.0. The molecule has 3 amide bonds. The SMILES string of the molecule is COC(=O)c1ccccc1NC(=O)CSc1ccc(NC(=O)/C(=C/c2ccc(Cl)cc2)NC(=O)c2ccccc2)cc1. The van der Waals surface area contributed by atoms with E-state index < -0.39 is 17.8 Å². The maximum Gasteiger partial charge on any atom is 0.339 e. The first-order valence-electron chi connectivity index (χ1n) is 12.7. The first-order valence-corrected chi connectivity index (χ1v) is 14.0. The number of esters is 1. The van der Waals surface area contributed by atoms with Crippen LogP contribution < -0.4 is 16.0 Å². The quantitative estimate of drug-likeness (QED) is 0.113. The Morgan fingerprint density at radius 1 is 0.810 bits per heavy atom. The second-order valence-corrected chi connectivity index (χ2v) is 10.3. The molecule has 0 bridgehead atoms. The summed E-state index contributed by atoms with van der Waals surface area (Å²) in [6, 6.07) is 29.0. The molecular formula is C32H26ClN3O5S. The van der Waals surface area contributed by atoms with E-state index in [4.69, 9.17) is 16.3 Å². The van der Waals surface area contributed by atoms with Gasteiger partial charge in [0.2, 0.25) is 5.91 Å². The van der Waals surface area contributed by atoms with E-state index in [1.807, 2.05) is 0 Å². The van der Waals surface area contributed by atoms with Crippen molar-refractivity contribution in [1.29, 1.82) is 0 Å². The molecule has 0 saturated carbocycles. The number of halogens is 1. The molecule has 0 aliphatic rings. The summed E-state index contributed by atoms with van der Waals surface area (Å²) in [4.78, 5) is 51.2. The smallest absolute Gasteiger partial charge is 0.339 e. The van der Waals surface area contributed by atoms with Gasteiger partial charge in [-0.1, -0.05) is 54.1 Å². The van der Waals surface area contributed by atoms with Gasteiger partial charge < -0.3 is 20.7 Å². The Morgan fingerprint density at radius 2 is 1.48 bits per heavy atom. The average Bonchev–Trinajstić information content (AvgIpc) is 3.01. The van der Waals surface area contributed by atoms with Crippen LogP contribution in [-0.2, 0) is 14.3 Å². The minimum atomic E-state index is -0.540. The largest absolute Gasteiger partial charge is 0.465 e. The predicted molar refractivity (Wildman–Crippen MR) is 166 cm³/mol. The highest BCUT2D eigenvalue weighted by molar-refractivity contribution is 8.00. The molecule has 212 valence electrons. The van der Waals surface area contributed by atoms with Gasteiger partial charge in [0.25, 0.3) is 11.8 Å². The van der Waals surface area contributed by atoms with Crippen LogP contribution in [0.4, 0.5) is 11.4 Å². The zero-order chi connectivity index (χ0) is 29.9. The maximum atomic E-state index is 13.2. The van der Waals surface area contributed by atoms with Crippen molar-refractivity contribution >= 4 is 64.5 Å². The Hall–Kier alpha value is -4.86. The summed E-state index contributed by atoms with van der Waals surface area (Å²) in [6.07, 6.45) is 1.56. The molecule has 0 heterocycles. The van der Waals surface area contributed by atoms with Crippen LogP contribution >= 0.6 is 23.4 Å². The highest BCUT2D eigenvalue weighted by Gasteiger charge is 2.16. The van der Waals surface area contributed by atoms with Crippen molar-refractivity contribution in [2.75, 3.05) is 23.5 Å². The number of rotatable bonds is 10. The predicted octanol–water partition coefficient (Wildman–Crippen LogP) is 6.27. The number of hydrogen-bond acceptors (Lipinski definition) is 6. The van der Waals surface area contributed by atoms with E-state index >= 15 is 0 Å². The summed E-state index contributed by atoms with van der Waals surface area (Å²) >= 11 is 7.27. The molecular weight excluding hydrogens is 574 g/mol. The van der Waals surface area contributed by atoms with Crippen molar-refractivity contribution in [3.8, 4) is 0 Å². The van der Waals surface area contributed by atoms with Gasteiger partial charge >= 0.3 is 5.97 Å². The van der Waals surface area contributed by atoms with Gasteiger partial charge in [0, 0.05) is 21.2 Å². The summed E-state index contributed by atoms with van der Waals surface area (Å²) < 4.78 is 4.76. The molecule has 0 spiro atoms. The molecule has 0 unspecified atom stereocenters. The summed E-state index contributed by atoms with van der Waals surface area (Å²) in [5, 5.41) is 8.77. The highest BCUT2D eigenvalue weighted by Crippen LogP contribution is 2.22. The summed E-state index contributed by atoms with van der Waals surface area (Å²) in [7, 11) is 1.28. The lowest BCUT2D eigenvalue weighted by Crippen LogP contribution is -2.30. The van der Waals surface area contributed by atoms with Crippen LogP contribution in [0.15, 0.2) is 114 Å². The third-order valence-corrected chi connectivity index (χ3v) is 7.06. The van der Waals surface area contributed by atoms with Gasteiger partial charge in [-0.15, -0.1) is 11.8 Å². The van der Waals surface area contributed by atoms with Gasteiger partial charge in [0.05, 0.1) is 24.1 Å². The topological polar surface area (TPSA) is 114 Å². The molecule has 42 heavy (non-hydrogen) atoms. The number of thioether (sulfide) groups is 1. The van der Waals surface area contributed by atoms with Gasteiger partial charge in [-0.2, -0.15) is 0 Å². The van der Waals surface area contributed by atoms with Crippen LogP contribution in [0.3, 0.4) is 0 Å². The van der Waals surface area contributed by atoms with E-state index in [1.54, 1.807) is 109 Å². The number of benzene rings is 4. The number of carbonyl (C=O) groups is 4. The fourth-order valence-corrected chi connectivity index (χ4v) is 4.54. The summed E-state index contributed by atoms with van der Waals surface area (Å²) in [5.74, 6) is -1.67. The monoisotopic (exact) mass is 599 g/mol. The molecule has 10 heteroatoms. The second-order valence-electron chi connectivity index (χ2n) is 8.78. The molecule has 8 nitrogen and oxygen atoms in total. The van der Waals surface area contributed by atoms with Crippen molar-refractivity contribution in [1.82, 2.24) is 5.32 Å². The van der Waals surface area contributed by atoms with Crippen LogP contribution in [0.5, 0.6) is 0 Å². The first-order chi connectivity index (χ1) is 20.3. The fraction of sp³-hybridized carbons (Fsp3) is 0.0625. The molecule has 0 atom stereocenters. The summed E-state index contributed by atoms with van der Waals surface area (Å²) in [5.41, 5.74) is 2.27. The van der Waals surface area contributed by atoms with Crippen LogP contribution in [-0.4, -0.2) is 36.6 Å². The van der Waals surface area contributed by atoms with Crippen LogP contribution in [0.2, 0.25) is 5.02 Å². The minimum absolute atomic E-state index is 0.0496. The van der Waals surface area contributed by atoms with Gasteiger partial charge in [-0.05, 0) is 72.3 Å². The Kier molecular flexibility index (Phi) is 10.5. The minimum Gasteiger partial charge on any atom is -0.465 e. The van der Waals surface area contributed by atoms with E-state index in [0.717, 1.165) is 4.90 Å². The van der Waals surface area contributed by atoms with Gasteiger partial charge in [0.15, 0.2) is 0 Å². The molecule has 0 aliphatic carbocycles. The van der Waals surface area contributed by atoms with Crippen LogP contribution in [0.1, 0.15) is 26.3 Å². The van der Waals surface area contributed by atoms with Gasteiger partial charge in [-0.25, -0.2) is 4.79 Å². The Bertz CT molecular complexity index is 1610. The van der Waals surface area contributed by atoms with Crippen molar-refractivity contribution < 1.29 is 23.9 Å². The lowest BCUT2D eigenvalue weighted by Gasteiger charge is -2.12. The zero-order valence-electron chi connectivity index (χ0n) is 22.4. The molecule has 4 aromatic rings. The third kappa shape index (κ3) is 8.57. The van der Waals surface area contributed by atoms with Crippen LogP contribution in [0.25, 0.3) is 6.08 Å². The number of anilines is 2. The highest BCUT2D eigenvalue weighted by atomic mass is 35.5. The fourth-order valence-electron chi connectivity index (χ4n) is 3.72. The number of amides is 3. The van der Waals surface area contributed by atoms with Crippen LogP contribution in [0, 0.1) is 0 Å². The lowest BCUT2D eigenvalue weighted by molar-refractivity contribution is -0.114. The number of methoxy groups -OCH3 is 1. The standard InChI is InChI=1S/C32H26ClN3O5S/c1-41-32(40)26-9-5-6-10-27(26)35-29(37)20-42-25-17-15-24(16-18-25)34-31(39)28(19-21-11-13-23(33)14-12-21)36-30(38)22-7-3-2-4-8-22/h2-19H,20H2,1H3,(H,34,39)(H,35,37)(H,36,38)/b28-19-. The number of carbonyl (C=O) groups excluding carboxylic acids is 4. The normalized spacial score (nSPS) is 10.9. The Balaban J connectivity index is 1.39. The average molecular weight is 600 g/mol. The van der Waals surface area contributed by atoms with E-state index in [0.29, 0.717) is 27.5 Å². The Morgan fingerprint density at radius 3 is 2.17 bits per heavy atom. The summed E-state index contributed by atoms with van der Waals surface area (Å²) in [6.45, 7) is 0. The molecule has 3 N–H and O–H groups in total. The molecule has 0 saturated heterocycles. The van der Waals surface area contributed by atoms with E-state index in [9.17, 15) is 19.2 Å². The second kappa shape index (κ2) is 14.7. The number of nitrogens with one attached hydrogen (secondary N) is 3. The number of para-hydroxylation sites is 1. The van der Waals surface area contributed by atoms with E-state index in [-0.39, 0.29) is 22.9 Å². The van der Waals surface area contributed by atoms with Crippen molar-refractivity contribution in [2.24, 2.45) is 0 Å². The maximum absolute atomic E-state index is 13.2. The van der Waals surface area contributed by atoms with Gasteiger partial charge in [0.1, 0.15) is 5.70 Å². The molecule has 4 rings (SSSR count). The van der Waals surface area contributed by atoms with Crippen molar-refractivity contribution in [3.05, 3.63) is 131 Å². The molecule has 4 aromatic carbocycles. The first kappa shape index (κ1) is 30.1. The molecule has 0 fully saturated rings.